The minimum absolute atomic E-state index is 0.0933. The Hall–Kier alpha value is -2.38. The van der Waals surface area contributed by atoms with Crippen molar-refractivity contribution in [1.82, 2.24) is 4.90 Å². The van der Waals surface area contributed by atoms with Crippen molar-refractivity contribution >= 4 is 23.2 Å². The molecule has 1 aromatic heterocycles. The molecule has 2 heterocycles. The number of carbonyl (C=O) groups excluding carboxylic acids is 1. The maximum atomic E-state index is 12.8. The Balaban J connectivity index is 1.68. The average Bonchev–Trinajstić information content (AvgIpc) is 3.30. The number of rotatable bonds is 7. The van der Waals surface area contributed by atoms with Gasteiger partial charge < -0.3 is 19.5 Å². The third-order valence-electron chi connectivity index (χ3n) is 4.56. The molecule has 1 aromatic carbocycles. The van der Waals surface area contributed by atoms with Crippen LogP contribution >= 0.6 is 11.3 Å². The molecule has 0 bridgehead atoms. The van der Waals surface area contributed by atoms with Gasteiger partial charge in [0.05, 0.1) is 6.61 Å². The molecule has 0 radical (unpaired) electrons. The zero-order chi connectivity index (χ0) is 18.6. The summed E-state index contributed by atoms with van der Waals surface area (Å²) in [6.07, 6.45) is 0.385. The summed E-state index contributed by atoms with van der Waals surface area (Å²) in [6.45, 7) is 1.09. The van der Waals surface area contributed by atoms with E-state index in [1.165, 1.54) is 7.11 Å². The van der Waals surface area contributed by atoms with Gasteiger partial charge in [0, 0.05) is 30.6 Å². The number of carboxylic acid groups (broad SMARTS) is 1. The highest BCUT2D eigenvalue weighted by atomic mass is 32.1. The SMILES string of the molecule is COCC1(C(=O)O)CCN(C(=O)c2cccc(OCc3cccs3)c2)C1. The molecule has 1 aliphatic rings. The maximum Gasteiger partial charge on any atom is 0.313 e. The van der Waals surface area contributed by atoms with E-state index in [-0.39, 0.29) is 19.1 Å². The first-order chi connectivity index (χ1) is 12.5. The Kier molecular flexibility index (Phi) is 5.58. The molecule has 7 heteroatoms. The number of methoxy groups -OCH3 is 1. The van der Waals surface area contributed by atoms with Crippen molar-refractivity contribution in [2.75, 3.05) is 26.8 Å². The van der Waals surface area contributed by atoms with Crippen LogP contribution in [0, 0.1) is 5.41 Å². The molecule has 1 fully saturated rings. The Morgan fingerprint density at radius 1 is 1.31 bits per heavy atom. The molecule has 1 N–H and O–H groups in total. The lowest BCUT2D eigenvalue weighted by Gasteiger charge is -2.23. The number of amides is 1. The molecule has 0 spiro atoms. The van der Waals surface area contributed by atoms with Crippen molar-refractivity contribution in [3.63, 3.8) is 0 Å². The molecule has 3 rings (SSSR count). The van der Waals surface area contributed by atoms with E-state index in [0.29, 0.717) is 30.9 Å². The Bertz CT molecular complexity index is 776. The van der Waals surface area contributed by atoms with Crippen LogP contribution < -0.4 is 4.74 Å². The van der Waals surface area contributed by atoms with E-state index in [4.69, 9.17) is 9.47 Å². The second-order valence-corrected chi connectivity index (χ2v) is 7.42. The summed E-state index contributed by atoms with van der Waals surface area (Å²) < 4.78 is 10.8. The van der Waals surface area contributed by atoms with Crippen molar-refractivity contribution < 1.29 is 24.2 Å². The second-order valence-electron chi connectivity index (χ2n) is 6.39. The number of hydrogen-bond donors (Lipinski definition) is 1. The molecule has 1 unspecified atom stereocenters. The lowest BCUT2D eigenvalue weighted by atomic mass is 9.88. The number of carbonyl (C=O) groups is 2. The summed E-state index contributed by atoms with van der Waals surface area (Å²) in [6, 6.07) is 11.0. The van der Waals surface area contributed by atoms with Crippen LogP contribution in [0.2, 0.25) is 0 Å². The molecule has 2 aromatic rings. The van der Waals surface area contributed by atoms with Gasteiger partial charge in [-0.3, -0.25) is 9.59 Å². The summed E-state index contributed by atoms with van der Waals surface area (Å²) in [4.78, 5) is 27.1. The number of benzene rings is 1. The molecular formula is C19H21NO5S. The molecule has 26 heavy (non-hydrogen) atoms. The highest BCUT2D eigenvalue weighted by Gasteiger charge is 2.46. The van der Waals surface area contributed by atoms with Gasteiger partial charge in [0.25, 0.3) is 5.91 Å². The van der Waals surface area contributed by atoms with Crippen LogP contribution in [0.5, 0.6) is 5.75 Å². The molecule has 1 saturated heterocycles. The number of hydrogen-bond acceptors (Lipinski definition) is 5. The van der Waals surface area contributed by atoms with Gasteiger partial charge in [0.1, 0.15) is 17.8 Å². The first-order valence-electron chi connectivity index (χ1n) is 8.31. The van der Waals surface area contributed by atoms with Gasteiger partial charge in [-0.2, -0.15) is 0 Å². The van der Waals surface area contributed by atoms with Gasteiger partial charge in [-0.05, 0) is 36.1 Å². The first-order valence-corrected chi connectivity index (χ1v) is 9.19. The largest absolute Gasteiger partial charge is 0.488 e. The van der Waals surface area contributed by atoms with Crippen molar-refractivity contribution in [1.29, 1.82) is 0 Å². The van der Waals surface area contributed by atoms with E-state index in [1.54, 1.807) is 40.5 Å². The molecule has 0 saturated carbocycles. The van der Waals surface area contributed by atoms with Crippen LogP contribution in [-0.2, 0) is 16.1 Å². The number of aliphatic carboxylic acids is 1. The van der Waals surface area contributed by atoms with Crippen molar-refractivity contribution in [2.24, 2.45) is 5.41 Å². The van der Waals surface area contributed by atoms with Gasteiger partial charge in [-0.15, -0.1) is 11.3 Å². The van der Waals surface area contributed by atoms with Crippen molar-refractivity contribution in [3.05, 3.63) is 52.2 Å². The van der Waals surface area contributed by atoms with Crippen LogP contribution in [0.3, 0.4) is 0 Å². The van der Waals surface area contributed by atoms with Gasteiger partial charge >= 0.3 is 5.97 Å². The van der Waals surface area contributed by atoms with Crippen LogP contribution in [0.4, 0.5) is 0 Å². The third-order valence-corrected chi connectivity index (χ3v) is 5.41. The second kappa shape index (κ2) is 7.88. The Labute approximate surface area is 156 Å². The topological polar surface area (TPSA) is 76.1 Å². The number of carboxylic acids is 1. The zero-order valence-electron chi connectivity index (χ0n) is 14.5. The maximum absolute atomic E-state index is 12.8. The van der Waals surface area contributed by atoms with E-state index >= 15 is 0 Å². The average molecular weight is 375 g/mol. The first kappa shape index (κ1) is 18.4. The number of thiophene rings is 1. The smallest absolute Gasteiger partial charge is 0.313 e. The molecule has 1 aliphatic heterocycles. The molecule has 138 valence electrons. The summed E-state index contributed by atoms with van der Waals surface area (Å²) in [5.74, 6) is -0.502. The van der Waals surface area contributed by atoms with E-state index in [0.717, 1.165) is 4.88 Å². The Morgan fingerprint density at radius 3 is 2.85 bits per heavy atom. The van der Waals surface area contributed by atoms with E-state index in [1.807, 2.05) is 17.5 Å². The van der Waals surface area contributed by atoms with Gasteiger partial charge in [0.15, 0.2) is 0 Å². The third kappa shape index (κ3) is 3.89. The summed E-state index contributed by atoms with van der Waals surface area (Å²) in [5.41, 5.74) is -0.537. The Morgan fingerprint density at radius 2 is 2.15 bits per heavy atom. The van der Waals surface area contributed by atoms with Gasteiger partial charge in [-0.1, -0.05) is 12.1 Å². The predicted molar refractivity (Wildman–Crippen MR) is 97.6 cm³/mol. The number of nitrogens with zero attached hydrogens (tertiary/aromatic N) is 1. The fourth-order valence-electron chi connectivity index (χ4n) is 3.13. The summed E-state index contributed by atoms with van der Waals surface area (Å²) in [7, 11) is 1.48. The monoisotopic (exact) mass is 375 g/mol. The predicted octanol–water partition coefficient (Wildman–Crippen LogP) is 2.89. The fourth-order valence-corrected chi connectivity index (χ4v) is 3.74. The minimum Gasteiger partial charge on any atom is -0.488 e. The molecule has 0 aliphatic carbocycles. The standard InChI is InChI=1S/C19H21NO5S/c1-24-13-19(18(22)23)7-8-20(12-19)17(21)14-4-2-5-15(10-14)25-11-16-6-3-9-26-16/h2-6,9-10H,7-8,11-13H2,1H3,(H,22,23). The lowest BCUT2D eigenvalue weighted by molar-refractivity contribution is -0.151. The molecule has 1 atom stereocenters. The highest BCUT2D eigenvalue weighted by Crippen LogP contribution is 2.32. The molecule has 1 amide bonds. The minimum atomic E-state index is -1.03. The van der Waals surface area contributed by atoms with Gasteiger partial charge in [0.2, 0.25) is 0 Å². The summed E-state index contributed by atoms with van der Waals surface area (Å²) >= 11 is 1.61. The van der Waals surface area contributed by atoms with Gasteiger partial charge in [-0.25, -0.2) is 0 Å². The van der Waals surface area contributed by atoms with E-state index in [9.17, 15) is 14.7 Å². The van der Waals surface area contributed by atoms with Crippen LogP contribution in [0.1, 0.15) is 21.7 Å². The lowest BCUT2D eigenvalue weighted by Crippen LogP contribution is -2.40. The van der Waals surface area contributed by atoms with Crippen LogP contribution in [0.15, 0.2) is 41.8 Å². The van der Waals surface area contributed by atoms with Crippen LogP contribution in [-0.4, -0.2) is 48.7 Å². The van der Waals surface area contributed by atoms with E-state index in [2.05, 4.69) is 0 Å². The van der Waals surface area contributed by atoms with E-state index < -0.39 is 11.4 Å². The van der Waals surface area contributed by atoms with Crippen molar-refractivity contribution in [2.45, 2.75) is 13.0 Å². The zero-order valence-corrected chi connectivity index (χ0v) is 15.3. The molecule has 6 nitrogen and oxygen atoms in total. The number of ether oxygens (including phenoxy) is 2. The normalized spacial score (nSPS) is 19.5. The van der Waals surface area contributed by atoms with Crippen molar-refractivity contribution in [3.8, 4) is 5.75 Å². The molecular weight excluding hydrogens is 354 g/mol. The number of likely N-dealkylation sites (tertiary alicyclic amines) is 1. The quantitative estimate of drug-likeness (QED) is 0.805. The highest BCUT2D eigenvalue weighted by molar-refractivity contribution is 7.09. The fraction of sp³-hybridized carbons (Fsp3) is 0.368. The van der Waals surface area contributed by atoms with Crippen LogP contribution in [0.25, 0.3) is 0 Å². The summed E-state index contributed by atoms with van der Waals surface area (Å²) in [5, 5.41) is 11.5.